The van der Waals surface area contributed by atoms with Crippen molar-refractivity contribution < 1.29 is 0 Å². The lowest BCUT2D eigenvalue weighted by molar-refractivity contribution is 0.213. The van der Waals surface area contributed by atoms with Crippen LogP contribution in [0, 0.1) is 0 Å². The Morgan fingerprint density at radius 2 is 2.00 bits per heavy atom. The Labute approximate surface area is 73.3 Å². The molecule has 2 fully saturated rings. The van der Waals surface area contributed by atoms with Gasteiger partial charge in [-0.15, -0.1) is 0 Å². The Morgan fingerprint density at radius 1 is 1.09 bits per heavy atom. The van der Waals surface area contributed by atoms with Crippen molar-refractivity contribution in [2.75, 3.05) is 18.1 Å². The second kappa shape index (κ2) is 3.36. The monoisotopic (exact) mass is 171 g/mol. The molecule has 2 heteroatoms. The van der Waals surface area contributed by atoms with E-state index in [1.165, 1.54) is 50.2 Å². The highest BCUT2D eigenvalue weighted by Crippen LogP contribution is 2.35. The molecule has 0 aromatic rings. The van der Waals surface area contributed by atoms with Crippen LogP contribution in [0.4, 0.5) is 0 Å². The summed E-state index contributed by atoms with van der Waals surface area (Å²) < 4.78 is 0. The zero-order valence-corrected chi connectivity index (χ0v) is 7.88. The van der Waals surface area contributed by atoms with Crippen molar-refractivity contribution in [2.24, 2.45) is 0 Å². The van der Waals surface area contributed by atoms with Crippen molar-refractivity contribution in [2.45, 2.75) is 37.6 Å². The Kier molecular flexibility index (Phi) is 2.42. The van der Waals surface area contributed by atoms with Crippen LogP contribution in [0.25, 0.3) is 0 Å². The van der Waals surface area contributed by atoms with Gasteiger partial charge >= 0.3 is 0 Å². The Balaban J connectivity index is 1.86. The highest BCUT2D eigenvalue weighted by atomic mass is 32.2. The van der Waals surface area contributed by atoms with Crippen LogP contribution in [0.3, 0.4) is 0 Å². The van der Waals surface area contributed by atoms with E-state index in [1.807, 2.05) is 0 Å². The predicted octanol–water partition coefficient (Wildman–Crippen LogP) is 2.03. The van der Waals surface area contributed by atoms with Crippen LogP contribution >= 0.6 is 11.8 Å². The summed E-state index contributed by atoms with van der Waals surface area (Å²) in [5, 5.41) is 3.71. The molecule has 1 aliphatic carbocycles. The first kappa shape index (κ1) is 7.93. The molecular formula is C9H17NS. The van der Waals surface area contributed by atoms with Gasteiger partial charge in [-0.2, -0.15) is 11.8 Å². The summed E-state index contributed by atoms with van der Waals surface area (Å²) in [7, 11) is 0. The Bertz CT molecular complexity index is 122. The molecule has 0 unspecified atom stereocenters. The largest absolute Gasteiger partial charge is 0.310 e. The van der Waals surface area contributed by atoms with Gasteiger partial charge in [0.05, 0.1) is 0 Å². The molecule has 1 saturated heterocycles. The zero-order chi connectivity index (χ0) is 7.57. The van der Waals surface area contributed by atoms with Gasteiger partial charge in [-0.25, -0.2) is 0 Å². The third-order valence-electron chi connectivity index (χ3n) is 2.90. The van der Waals surface area contributed by atoms with Crippen LogP contribution in [-0.2, 0) is 0 Å². The van der Waals surface area contributed by atoms with Crippen molar-refractivity contribution in [1.29, 1.82) is 0 Å². The molecule has 0 radical (unpaired) electrons. The number of hydrogen-bond acceptors (Lipinski definition) is 2. The fourth-order valence-electron chi connectivity index (χ4n) is 1.93. The molecule has 0 atom stereocenters. The van der Waals surface area contributed by atoms with Crippen LogP contribution < -0.4 is 5.32 Å². The number of nitrogens with one attached hydrogen (secondary N) is 1. The van der Waals surface area contributed by atoms with Gasteiger partial charge < -0.3 is 5.32 Å². The van der Waals surface area contributed by atoms with Crippen molar-refractivity contribution in [3.8, 4) is 0 Å². The molecule has 2 aliphatic rings. The van der Waals surface area contributed by atoms with E-state index >= 15 is 0 Å². The molecular weight excluding hydrogens is 154 g/mol. The second-order valence-electron chi connectivity index (χ2n) is 3.82. The maximum Gasteiger partial charge on any atom is 0.0271 e. The van der Waals surface area contributed by atoms with Gasteiger partial charge in [0.25, 0.3) is 0 Å². The fourth-order valence-corrected chi connectivity index (χ4v) is 3.26. The van der Waals surface area contributed by atoms with Gasteiger partial charge in [0.15, 0.2) is 0 Å². The summed E-state index contributed by atoms with van der Waals surface area (Å²) in [5.41, 5.74) is 0.588. The van der Waals surface area contributed by atoms with Crippen molar-refractivity contribution in [3.05, 3.63) is 0 Å². The maximum absolute atomic E-state index is 3.71. The van der Waals surface area contributed by atoms with Gasteiger partial charge in [-0.05, 0) is 44.4 Å². The highest BCUT2D eigenvalue weighted by molar-refractivity contribution is 7.99. The minimum atomic E-state index is 0.588. The normalized spacial score (nSPS) is 30.5. The average molecular weight is 171 g/mol. The minimum Gasteiger partial charge on any atom is -0.310 e. The molecule has 0 amide bonds. The number of thioether (sulfide) groups is 1. The van der Waals surface area contributed by atoms with Crippen LogP contribution in [-0.4, -0.2) is 23.6 Å². The first-order chi connectivity index (χ1) is 5.41. The molecule has 1 spiro atoms. The van der Waals surface area contributed by atoms with Gasteiger partial charge in [0.2, 0.25) is 0 Å². The SMILES string of the molecule is C1CCSCC2(CCC2)NC1. The van der Waals surface area contributed by atoms with Crippen LogP contribution in [0.2, 0.25) is 0 Å². The topological polar surface area (TPSA) is 12.0 Å². The number of rotatable bonds is 0. The summed E-state index contributed by atoms with van der Waals surface area (Å²) in [6.07, 6.45) is 7.11. The third kappa shape index (κ3) is 1.73. The predicted molar refractivity (Wildman–Crippen MR) is 51.1 cm³/mol. The average Bonchev–Trinajstić information content (AvgIpc) is 1.82. The van der Waals surface area contributed by atoms with Crippen LogP contribution in [0.1, 0.15) is 32.1 Å². The quantitative estimate of drug-likeness (QED) is 0.598. The molecule has 1 aliphatic heterocycles. The van der Waals surface area contributed by atoms with Crippen molar-refractivity contribution in [3.63, 3.8) is 0 Å². The van der Waals surface area contributed by atoms with E-state index < -0.39 is 0 Å². The van der Waals surface area contributed by atoms with Crippen LogP contribution in [0.5, 0.6) is 0 Å². The minimum absolute atomic E-state index is 0.588. The molecule has 11 heavy (non-hydrogen) atoms. The molecule has 1 saturated carbocycles. The first-order valence-corrected chi connectivity index (χ1v) is 5.90. The lowest BCUT2D eigenvalue weighted by atomic mass is 9.78. The van der Waals surface area contributed by atoms with E-state index in [0.717, 1.165) is 0 Å². The summed E-state index contributed by atoms with van der Waals surface area (Å²) in [4.78, 5) is 0. The maximum atomic E-state index is 3.71. The summed E-state index contributed by atoms with van der Waals surface area (Å²) in [6.45, 7) is 1.26. The lowest BCUT2D eigenvalue weighted by Gasteiger charge is -2.43. The van der Waals surface area contributed by atoms with E-state index in [2.05, 4.69) is 17.1 Å². The smallest absolute Gasteiger partial charge is 0.0271 e. The fraction of sp³-hybridized carbons (Fsp3) is 1.00. The van der Waals surface area contributed by atoms with Gasteiger partial charge in [0.1, 0.15) is 0 Å². The van der Waals surface area contributed by atoms with Gasteiger partial charge in [0, 0.05) is 11.3 Å². The Hall–Kier alpha value is 0.310. The van der Waals surface area contributed by atoms with E-state index in [4.69, 9.17) is 0 Å². The molecule has 0 bridgehead atoms. The highest BCUT2D eigenvalue weighted by Gasteiger charge is 2.36. The van der Waals surface area contributed by atoms with E-state index in [-0.39, 0.29) is 0 Å². The summed E-state index contributed by atoms with van der Waals surface area (Å²) in [5.74, 6) is 2.76. The molecule has 0 aromatic heterocycles. The van der Waals surface area contributed by atoms with Crippen LogP contribution in [0.15, 0.2) is 0 Å². The third-order valence-corrected chi connectivity index (χ3v) is 4.24. The van der Waals surface area contributed by atoms with E-state index in [1.54, 1.807) is 0 Å². The Morgan fingerprint density at radius 3 is 2.73 bits per heavy atom. The van der Waals surface area contributed by atoms with Crippen molar-refractivity contribution in [1.82, 2.24) is 5.32 Å². The van der Waals surface area contributed by atoms with Gasteiger partial charge in [-0.3, -0.25) is 0 Å². The second-order valence-corrected chi connectivity index (χ2v) is 4.93. The molecule has 2 rings (SSSR count). The van der Waals surface area contributed by atoms with E-state index in [0.29, 0.717) is 5.54 Å². The summed E-state index contributed by atoms with van der Waals surface area (Å²) >= 11 is 2.15. The number of hydrogen-bond donors (Lipinski definition) is 1. The molecule has 0 aromatic carbocycles. The molecule has 64 valence electrons. The summed E-state index contributed by atoms with van der Waals surface area (Å²) in [6, 6.07) is 0. The van der Waals surface area contributed by atoms with Gasteiger partial charge in [-0.1, -0.05) is 0 Å². The zero-order valence-electron chi connectivity index (χ0n) is 7.07. The first-order valence-electron chi connectivity index (χ1n) is 4.74. The van der Waals surface area contributed by atoms with E-state index in [9.17, 15) is 0 Å². The molecule has 1 heterocycles. The lowest BCUT2D eigenvalue weighted by Crippen LogP contribution is -2.53. The van der Waals surface area contributed by atoms with Crippen molar-refractivity contribution >= 4 is 11.8 Å². The standard InChI is InChI=1S/C9H17NS/c1-2-7-11-8-9(10-6-1)4-3-5-9/h10H,1-8H2. The molecule has 1 N–H and O–H groups in total. The molecule has 1 nitrogen and oxygen atoms in total.